The van der Waals surface area contributed by atoms with Crippen LogP contribution in [0.15, 0.2) is 60.8 Å². The first-order chi connectivity index (χ1) is 10.3. The number of carbonyl (C=O) groups is 1. The molecule has 0 radical (unpaired) electrons. The summed E-state index contributed by atoms with van der Waals surface area (Å²) in [4.78, 5) is 16.6. The normalized spacial score (nSPS) is 10.5. The zero-order chi connectivity index (χ0) is 14.7. The molecule has 0 aliphatic carbocycles. The van der Waals surface area contributed by atoms with E-state index in [4.69, 9.17) is 5.11 Å². The second-order valence-electron chi connectivity index (χ2n) is 4.68. The molecule has 3 rings (SSSR count). The first-order valence-corrected chi connectivity index (χ1v) is 6.63. The van der Waals surface area contributed by atoms with Crippen LogP contribution in [0.2, 0.25) is 0 Å². The third-order valence-corrected chi connectivity index (χ3v) is 3.28. The van der Waals surface area contributed by atoms with Gasteiger partial charge in [-0.15, -0.1) is 0 Å². The van der Waals surface area contributed by atoms with Crippen LogP contribution in [-0.4, -0.2) is 16.0 Å². The van der Waals surface area contributed by atoms with E-state index >= 15 is 0 Å². The second-order valence-corrected chi connectivity index (χ2v) is 4.68. The standard InChI is InChI=1S/C17H14N2O2/c20-11-12-6-8-13(9-7-12)19-17(21)15-3-1-5-16-14(15)4-2-10-18-16/h1-10,20H,11H2,(H,19,21). The van der Waals surface area contributed by atoms with Crippen LogP contribution in [0.25, 0.3) is 10.9 Å². The number of aliphatic hydroxyl groups excluding tert-OH is 1. The molecule has 0 saturated carbocycles. The molecule has 0 fully saturated rings. The largest absolute Gasteiger partial charge is 0.392 e. The third kappa shape index (κ3) is 2.75. The lowest BCUT2D eigenvalue weighted by Gasteiger charge is -2.08. The first kappa shape index (κ1) is 13.3. The number of nitrogens with zero attached hydrogens (tertiary/aromatic N) is 1. The Morgan fingerprint density at radius 2 is 1.86 bits per heavy atom. The topological polar surface area (TPSA) is 62.2 Å². The molecule has 0 atom stereocenters. The summed E-state index contributed by atoms with van der Waals surface area (Å²) < 4.78 is 0. The van der Waals surface area contributed by atoms with Crippen molar-refractivity contribution in [2.75, 3.05) is 5.32 Å². The van der Waals surface area contributed by atoms with Crippen molar-refractivity contribution in [3.63, 3.8) is 0 Å². The lowest BCUT2D eigenvalue weighted by Crippen LogP contribution is -2.12. The van der Waals surface area contributed by atoms with Gasteiger partial charge < -0.3 is 10.4 Å². The Bertz CT molecular complexity index is 777. The Morgan fingerprint density at radius 3 is 2.62 bits per heavy atom. The molecular weight excluding hydrogens is 264 g/mol. The van der Waals surface area contributed by atoms with Gasteiger partial charge in [0.15, 0.2) is 0 Å². The number of nitrogens with one attached hydrogen (secondary N) is 1. The molecule has 1 amide bonds. The number of pyridine rings is 1. The molecule has 0 bridgehead atoms. The SMILES string of the molecule is O=C(Nc1ccc(CO)cc1)c1cccc2ncccc12. The predicted octanol–water partition coefficient (Wildman–Crippen LogP) is 2.98. The van der Waals surface area contributed by atoms with Gasteiger partial charge in [-0.05, 0) is 35.9 Å². The zero-order valence-corrected chi connectivity index (χ0v) is 11.3. The van der Waals surface area contributed by atoms with E-state index < -0.39 is 0 Å². The molecule has 0 spiro atoms. The van der Waals surface area contributed by atoms with Gasteiger partial charge in [0.05, 0.1) is 12.1 Å². The number of aromatic nitrogens is 1. The average molecular weight is 278 g/mol. The van der Waals surface area contributed by atoms with Crippen molar-refractivity contribution in [1.82, 2.24) is 4.98 Å². The molecule has 2 aromatic carbocycles. The van der Waals surface area contributed by atoms with E-state index in [1.54, 1.807) is 36.5 Å². The molecule has 2 N–H and O–H groups in total. The summed E-state index contributed by atoms with van der Waals surface area (Å²) in [6, 6.07) is 16.3. The van der Waals surface area contributed by atoms with E-state index in [0.29, 0.717) is 11.3 Å². The van der Waals surface area contributed by atoms with Gasteiger partial charge in [-0.1, -0.05) is 24.3 Å². The molecule has 3 aromatic rings. The Labute approximate surface area is 122 Å². The summed E-state index contributed by atoms with van der Waals surface area (Å²) >= 11 is 0. The summed E-state index contributed by atoms with van der Waals surface area (Å²) in [7, 11) is 0. The Balaban J connectivity index is 1.90. The molecule has 4 heteroatoms. The maximum atomic E-state index is 12.4. The fourth-order valence-corrected chi connectivity index (χ4v) is 2.19. The minimum atomic E-state index is -0.176. The lowest BCUT2D eigenvalue weighted by molar-refractivity contribution is 0.102. The third-order valence-electron chi connectivity index (χ3n) is 3.28. The minimum absolute atomic E-state index is 0.0107. The molecule has 0 aliphatic rings. The Kier molecular flexibility index (Phi) is 3.62. The van der Waals surface area contributed by atoms with E-state index in [-0.39, 0.29) is 12.5 Å². The highest BCUT2D eigenvalue weighted by atomic mass is 16.3. The van der Waals surface area contributed by atoms with Crippen LogP contribution in [-0.2, 0) is 6.61 Å². The molecular formula is C17H14N2O2. The average Bonchev–Trinajstić information content (AvgIpc) is 2.55. The van der Waals surface area contributed by atoms with Crippen LogP contribution in [0, 0.1) is 0 Å². The fraction of sp³-hybridized carbons (Fsp3) is 0.0588. The summed E-state index contributed by atoms with van der Waals surface area (Å²) in [5.41, 5.74) is 2.88. The van der Waals surface area contributed by atoms with Crippen molar-refractivity contribution in [2.24, 2.45) is 0 Å². The van der Waals surface area contributed by atoms with Gasteiger partial charge in [0.1, 0.15) is 0 Å². The molecule has 1 heterocycles. The molecule has 0 saturated heterocycles. The van der Waals surface area contributed by atoms with Crippen molar-refractivity contribution in [3.05, 3.63) is 71.9 Å². The first-order valence-electron chi connectivity index (χ1n) is 6.63. The summed E-state index contributed by atoms with van der Waals surface area (Å²) in [6.45, 7) is -0.0107. The maximum Gasteiger partial charge on any atom is 0.256 e. The number of rotatable bonds is 3. The van der Waals surface area contributed by atoms with E-state index in [1.165, 1.54) is 0 Å². The Morgan fingerprint density at radius 1 is 1.05 bits per heavy atom. The predicted molar refractivity (Wildman–Crippen MR) is 82.1 cm³/mol. The van der Waals surface area contributed by atoms with Gasteiger partial charge >= 0.3 is 0 Å². The summed E-state index contributed by atoms with van der Waals surface area (Å²) in [5.74, 6) is -0.176. The molecule has 21 heavy (non-hydrogen) atoms. The van der Waals surface area contributed by atoms with E-state index in [0.717, 1.165) is 16.5 Å². The highest BCUT2D eigenvalue weighted by molar-refractivity contribution is 6.12. The number of hydrogen-bond acceptors (Lipinski definition) is 3. The number of aliphatic hydroxyl groups is 1. The van der Waals surface area contributed by atoms with Crippen molar-refractivity contribution in [2.45, 2.75) is 6.61 Å². The Hall–Kier alpha value is -2.72. The highest BCUT2D eigenvalue weighted by Crippen LogP contribution is 2.18. The molecule has 4 nitrogen and oxygen atoms in total. The fourth-order valence-electron chi connectivity index (χ4n) is 2.19. The van der Waals surface area contributed by atoms with Crippen LogP contribution in [0.3, 0.4) is 0 Å². The van der Waals surface area contributed by atoms with Crippen LogP contribution in [0.5, 0.6) is 0 Å². The number of amides is 1. The highest BCUT2D eigenvalue weighted by Gasteiger charge is 2.10. The quantitative estimate of drug-likeness (QED) is 0.774. The summed E-state index contributed by atoms with van der Waals surface area (Å²) in [5, 5.41) is 12.7. The van der Waals surface area contributed by atoms with Crippen molar-refractivity contribution < 1.29 is 9.90 Å². The van der Waals surface area contributed by atoms with Gasteiger partial charge in [0, 0.05) is 22.8 Å². The molecule has 1 aromatic heterocycles. The van der Waals surface area contributed by atoms with Gasteiger partial charge in [0.25, 0.3) is 5.91 Å². The van der Waals surface area contributed by atoms with Gasteiger partial charge in [-0.25, -0.2) is 0 Å². The van der Waals surface area contributed by atoms with Gasteiger partial charge in [0.2, 0.25) is 0 Å². The molecule has 0 aliphatic heterocycles. The van der Waals surface area contributed by atoms with Crippen LogP contribution >= 0.6 is 0 Å². The number of fused-ring (bicyclic) bond motifs is 1. The zero-order valence-electron chi connectivity index (χ0n) is 11.3. The maximum absolute atomic E-state index is 12.4. The monoisotopic (exact) mass is 278 g/mol. The van der Waals surface area contributed by atoms with Crippen LogP contribution in [0.4, 0.5) is 5.69 Å². The smallest absolute Gasteiger partial charge is 0.256 e. The van der Waals surface area contributed by atoms with Gasteiger partial charge in [-0.2, -0.15) is 0 Å². The number of hydrogen-bond donors (Lipinski definition) is 2. The number of anilines is 1. The van der Waals surface area contributed by atoms with Gasteiger partial charge in [-0.3, -0.25) is 9.78 Å². The van der Waals surface area contributed by atoms with Crippen molar-refractivity contribution in [3.8, 4) is 0 Å². The van der Waals surface area contributed by atoms with E-state index in [1.807, 2.05) is 24.3 Å². The second kappa shape index (κ2) is 5.73. The van der Waals surface area contributed by atoms with Crippen molar-refractivity contribution in [1.29, 1.82) is 0 Å². The van der Waals surface area contributed by atoms with Crippen LogP contribution < -0.4 is 5.32 Å². The summed E-state index contributed by atoms with van der Waals surface area (Å²) in [6.07, 6.45) is 1.71. The van der Waals surface area contributed by atoms with Crippen molar-refractivity contribution >= 4 is 22.5 Å². The lowest BCUT2D eigenvalue weighted by atomic mass is 10.1. The van der Waals surface area contributed by atoms with Crippen LogP contribution in [0.1, 0.15) is 15.9 Å². The molecule has 104 valence electrons. The minimum Gasteiger partial charge on any atom is -0.392 e. The number of benzene rings is 2. The molecule has 0 unspecified atom stereocenters. The number of carbonyl (C=O) groups excluding carboxylic acids is 1. The van der Waals surface area contributed by atoms with E-state index in [2.05, 4.69) is 10.3 Å². The van der Waals surface area contributed by atoms with E-state index in [9.17, 15) is 4.79 Å².